The number of thioether (sulfide) groups is 1. The number of unbranched alkanes of at least 4 members (excludes halogenated alkanes) is 1. The lowest BCUT2D eigenvalue weighted by atomic mass is 10.3. The second-order valence-electron chi connectivity index (χ2n) is 3.24. The first-order chi connectivity index (χ1) is 7.24. The lowest BCUT2D eigenvalue weighted by Gasteiger charge is -2.05. The summed E-state index contributed by atoms with van der Waals surface area (Å²) < 4.78 is 4.98. The smallest absolute Gasteiger partial charge is 0.0543 e. The fourth-order valence-electron chi connectivity index (χ4n) is 1.16. The molecule has 0 aromatic heterocycles. The standard InChI is InChI=1S/C11H16ClNOS/c1-14-6-2-3-7-15-11-8-9(13)4-5-10(11)12/h4-5,8H,2-3,6-7,13H2,1H3. The van der Waals surface area contributed by atoms with Crippen LogP contribution in [0.15, 0.2) is 23.1 Å². The van der Waals surface area contributed by atoms with E-state index < -0.39 is 0 Å². The first-order valence-electron chi connectivity index (χ1n) is 4.91. The van der Waals surface area contributed by atoms with Gasteiger partial charge >= 0.3 is 0 Å². The molecule has 1 rings (SSSR count). The maximum absolute atomic E-state index is 6.04. The Labute approximate surface area is 100 Å². The molecule has 0 unspecified atom stereocenters. The summed E-state index contributed by atoms with van der Waals surface area (Å²) >= 11 is 7.78. The average molecular weight is 246 g/mol. The quantitative estimate of drug-likeness (QED) is 0.474. The van der Waals surface area contributed by atoms with Crippen LogP contribution in [0.2, 0.25) is 5.02 Å². The van der Waals surface area contributed by atoms with E-state index in [1.807, 2.05) is 18.2 Å². The van der Waals surface area contributed by atoms with Crippen LogP contribution in [0, 0.1) is 0 Å². The highest BCUT2D eigenvalue weighted by Gasteiger charge is 2.01. The van der Waals surface area contributed by atoms with Gasteiger partial charge in [0.1, 0.15) is 0 Å². The molecule has 0 amide bonds. The largest absolute Gasteiger partial charge is 0.399 e. The SMILES string of the molecule is COCCCCSc1cc(N)ccc1Cl. The zero-order valence-corrected chi connectivity index (χ0v) is 10.4. The number of hydrogen-bond donors (Lipinski definition) is 1. The van der Waals surface area contributed by atoms with E-state index in [0.717, 1.165) is 40.8 Å². The molecule has 0 atom stereocenters. The first-order valence-corrected chi connectivity index (χ1v) is 6.27. The molecule has 84 valence electrons. The molecule has 0 bridgehead atoms. The molecule has 4 heteroatoms. The van der Waals surface area contributed by atoms with Crippen molar-refractivity contribution in [2.45, 2.75) is 17.7 Å². The zero-order valence-electron chi connectivity index (χ0n) is 8.83. The Balaban J connectivity index is 2.33. The van der Waals surface area contributed by atoms with E-state index in [-0.39, 0.29) is 0 Å². The van der Waals surface area contributed by atoms with Gasteiger partial charge in [-0.25, -0.2) is 0 Å². The summed E-state index contributed by atoms with van der Waals surface area (Å²) in [5.41, 5.74) is 6.45. The number of rotatable bonds is 6. The van der Waals surface area contributed by atoms with Gasteiger partial charge in [-0.1, -0.05) is 11.6 Å². The topological polar surface area (TPSA) is 35.2 Å². The van der Waals surface area contributed by atoms with E-state index >= 15 is 0 Å². The van der Waals surface area contributed by atoms with E-state index in [1.165, 1.54) is 0 Å². The van der Waals surface area contributed by atoms with Crippen molar-refractivity contribution in [1.29, 1.82) is 0 Å². The molecule has 0 aliphatic rings. The monoisotopic (exact) mass is 245 g/mol. The number of anilines is 1. The fraction of sp³-hybridized carbons (Fsp3) is 0.455. The van der Waals surface area contributed by atoms with Gasteiger partial charge in [0, 0.05) is 24.3 Å². The van der Waals surface area contributed by atoms with Crippen molar-refractivity contribution in [2.75, 3.05) is 25.2 Å². The lowest BCUT2D eigenvalue weighted by Crippen LogP contribution is -1.90. The molecule has 0 saturated carbocycles. The molecule has 0 radical (unpaired) electrons. The summed E-state index contributed by atoms with van der Waals surface area (Å²) in [6, 6.07) is 5.58. The summed E-state index contributed by atoms with van der Waals surface area (Å²) in [6.07, 6.45) is 2.22. The number of nitrogen functional groups attached to an aromatic ring is 1. The third-order valence-electron chi connectivity index (χ3n) is 1.96. The first kappa shape index (κ1) is 12.7. The Morgan fingerprint density at radius 1 is 1.40 bits per heavy atom. The summed E-state index contributed by atoms with van der Waals surface area (Å²) in [7, 11) is 1.72. The summed E-state index contributed by atoms with van der Waals surface area (Å²) in [5, 5.41) is 0.779. The number of methoxy groups -OCH3 is 1. The van der Waals surface area contributed by atoms with Gasteiger partial charge in [0.15, 0.2) is 0 Å². The maximum Gasteiger partial charge on any atom is 0.0543 e. The molecule has 1 aromatic carbocycles. The van der Waals surface area contributed by atoms with Crippen LogP contribution in [-0.2, 0) is 4.74 Å². The van der Waals surface area contributed by atoms with Gasteiger partial charge in [-0.3, -0.25) is 0 Å². The van der Waals surface area contributed by atoms with Crippen LogP contribution in [0.5, 0.6) is 0 Å². The zero-order chi connectivity index (χ0) is 11.1. The Kier molecular flexibility index (Phi) is 5.91. The van der Waals surface area contributed by atoms with Crippen molar-refractivity contribution in [3.8, 4) is 0 Å². The lowest BCUT2D eigenvalue weighted by molar-refractivity contribution is 0.194. The fourth-order valence-corrected chi connectivity index (χ4v) is 2.44. The molecule has 0 aliphatic heterocycles. The molecule has 0 spiro atoms. The van der Waals surface area contributed by atoms with E-state index in [9.17, 15) is 0 Å². The number of hydrogen-bond acceptors (Lipinski definition) is 3. The number of ether oxygens (including phenoxy) is 1. The molecule has 0 saturated heterocycles. The van der Waals surface area contributed by atoms with Crippen molar-refractivity contribution in [3.05, 3.63) is 23.2 Å². The van der Waals surface area contributed by atoms with E-state index in [1.54, 1.807) is 18.9 Å². The van der Waals surface area contributed by atoms with Crippen molar-refractivity contribution in [1.82, 2.24) is 0 Å². The van der Waals surface area contributed by atoms with Crippen LogP contribution in [0.1, 0.15) is 12.8 Å². The van der Waals surface area contributed by atoms with Crippen LogP contribution in [-0.4, -0.2) is 19.5 Å². The molecule has 0 fully saturated rings. The third-order valence-corrected chi connectivity index (χ3v) is 3.54. The molecular weight excluding hydrogens is 230 g/mol. The van der Waals surface area contributed by atoms with Crippen molar-refractivity contribution in [2.24, 2.45) is 0 Å². The van der Waals surface area contributed by atoms with E-state index in [4.69, 9.17) is 22.1 Å². The summed E-state index contributed by atoms with van der Waals surface area (Å²) in [4.78, 5) is 1.06. The number of halogens is 1. The van der Waals surface area contributed by atoms with Crippen molar-refractivity contribution in [3.63, 3.8) is 0 Å². The second kappa shape index (κ2) is 6.99. The summed E-state index contributed by atoms with van der Waals surface area (Å²) in [5.74, 6) is 1.05. The normalized spacial score (nSPS) is 10.5. The van der Waals surface area contributed by atoms with Gasteiger partial charge in [0.25, 0.3) is 0 Å². The van der Waals surface area contributed by atoms with Crippen LogP contribution in [0.25, 0.3) is 0 Å². The minimum atomic E-state index is 0.763. The van der Waals surface area contributed by atoms with Gasteiger partial charge in [0.2, 0.25) is 0 Å². The predicted molar refractivity (Wildman–Crippen MR) is 67.7 cm³/mol. The minimum Gasteiger partial charge on any atom is -0.399 e. The van der Waals surface area contributed by atoms with Crippen LogP contribution >= 0.6 is 23.4 Å². The van der Waals surface area contributed by atoms with Gasteiger partial charge in [-0.05, 0) is 36.8 Å². The molecule has 0 aliphatic carbocycles. The second-order valence-corrected chi connectivity index (χ2v) is 4.78. The highest BCUT2D eigenvalue weighted by Crippen LogP contribution is 2.29. The maximum atomic E-state index is 6.04. The Morgan fingerprint density at radius 3 is 2.93 bits per heavy atom. The van der Waals surface area contributed by atoms with Gasteiger partial charge < -0.3 is 10.5 Å². The Morgan fingerprint density at radius 2 is 2.20 bits per heavy atom. The molecular formula is C11H16ClNOS. The average Bonchev–Trinajstić information content (AvgIpc) is 2.23. The summed E-state index contributed by atoms with van der Waals surface area (Å²) in [6.45, 7) is 0.825. The molecule has 2 nitrogen and oxygen atoms in total. The molecule has 15 heavy (non-hydrogen) atoms. The minimum absolute atomic E-state index is 0.763. The number of benzene rings is 1. The predicted octanol–water partition coefficient (Wildman–Crippen LogP) is 3.44. The van der Waals surface area contributed by atoms with Gasteiger partial charge in [0.05, 0.1) is 5.02 Å². The van der Waals surface area contributed by atoms with E-state index in [0.29, 0.717) is 0 Å². The Hall–Kier alpha value is -0.380. The third kappa shape index (κ3) is 4.78. The molecule has 0 heterocycles. The van der Waals surface area contributed by atoms with Gasteiger partial charge in [-0.15, -0.1) is 11.8 Å². The highest BCUT2D eigenvalue weighted by molar-refractivity contribution is 7.99. The highest BCUT2D eigenvalue weighted by atomic mass is 35.5. The van der Waals surface area contributed by atoms with Crippen LogP contribution in [0.4, 0.5) is 5.69 Å². The molecule has 1 aromatic rings. The number of nitrogens with two attached hydrogens (primary N) is 1. The van der Waals surface area contributed by atoms with Crippen molar-refractivity contribution < 1.29 is 4.74 Å². The van der Waals surface area contributed by atoms with Crippen LogP contribution in [0.3, 0.4) is 0 Å². The molecule has 2 N–H and O–H groups in total. The van der Waals surface area contributed by atoms with E-state index in [2.05, 4.69) is 0 Å². The van der Waals surface area contributed by atoms with Crippen LogP contribution < -0.4 is 5.73 Å². The van der Waals surface area contributed by atoms with Crippen molar-refractivity contribution >= 4 is 29.1 Å². The Bertz CT molecular complexity index is 307. The van der Waals surface area contributed by atoms with Gasteiger partial charge in [-0.2, -0.15) is 0 Å².